The SMILES string of the molecule is CCN(CC(=O)OC)Cc1ncc(-c2cccc(Cl)c2)o1. The van der Waals surface area contributed by atoms with Crippen LogP contribution < -0.4 is 0 Å². The van der Waals surface area contributed by atoms with E-state index in [0.29, 0.717) is 29.8 Å². The Morgan fingerprint density at radius 1 is 1.48 bits per heavy atom. The fraction of sp³-hybridized carbons (Fsp3) is 0.333. The molecule has 2 rings (SSSR count). The molecule has 6 heteroatoms. The Labute approximate surface area is 128 Å². The van der Waals surface area contributed by atoms with Gasteiger partial charge in [-0.05, 0) is 18.7 Å². The first-order chi connectivity index (χ1) is 10.1. The molecule has 0 amide bonds. The maximum Gasteiger partial charge on any atom is 0.319 e. The van der Waals surface area contributed by atoms with Crippen molar-refractivity contribution in [2.45, 2.75) is 13.5 Å². The van der Waals surface area contributed by atoms with Crippen molar-refractivity contribution < 1.29 is 13.9 Å². The van der Waals surface area contributed by atoms with Crippen molar-refractivity contribution in [2.24, 2.45) is 0 Å². The first-order valence-electron chi connectivity index (χ1n) is 6.62. The van der Waals surface area contributed by atoms with Crippen LogP contribution in [0, 0.1) is 0 Å². The molecular weight excluding hydrogens is 292 g/mol. The van der Waals surface area contributed by atoms with Gasteiger partial charge in [-0.3, -0.25) is 9.69 Å². The summed E-state index contributed by atoms with van der Waals surface area (Å²) in [6.45, 7) is 3.32. The van der Waals surface area contributed by atoms with Crippen molar-refractivity contribution in [3.8, 4) is 11.3 Å². The van der Waals surface area contributed by atoms with Crippen LogP contribution in [0.5, 0.6) is 0 Å². The Morgan fingerprint density at radius 3 is 2.95 bits per heavy atom. The minimum Gasteiger partial charge on any atom is -0.468 e. The highest BCUT2D eigenvalue weighted by Crippen LogP contribution is 2.23. The average molecular weight is 309 g/mol. The smallest absolute Gasteiger partial charge is 0.319 e. The molecule has 0 unspecified atom stereocenters. The van der Waals surface area contributed by atoms with E-state index in [1.165, 1.54) is 7.11 Å². The summed E-state index contributed by atoms with van der Waals surface area (Å²) in [5.41, 5.74) is 0.872. The van der Waals surface area contributed by atoms with Crippen molar-refractivity contribution >= 4 is 17.6 Å². The molecule has 0 bridgehead atoms. The average Bonchev–Trinajstić information content (AvgIpc) is 2.95. The number of oxazole rings is 1. The zero-order chi connectivity index (χ0) is 15.2. The lowest BCUT2D eigenvalue weighted by Crippen LogP contribution is -2.30. The van der Waals surface area contributed by atoms with E-state index in [0.717, 1.165) is 5.56 Å². The minimum atomic E-state index is -0.279. The highest BCUT2D eigenvalue weighted by atomic mass is 35.5. The van der Waals surface area contributed by atoms with Gasteiger partial charge < -0.3 is 9.15 Å². The summed E-state index contributed by atoms with van der Waals surface area (Å²) in [7, 11) is 1.37. The molecule has 0 N–H and O–H groups in total. The predicted molar refractivity (Wildman–Crippen MR) is 79.9 cm³/mol. The molecule has 1 heterocycles. The van der Waals surface area contributed by atoms with Gasteiger partial charge >= 0.3 is 5.97 Å². The van der Waals surface area contributed by atoms with Gasteiger partial charge in [-0.2, -0.15) is 0 Å². The van der Waals surface area contributed by atoms with Crippen molar-refractivity contribution in [3.05, 3.63) is 41.4 Å². The van der Waals surface area contributed by atoms with E-state index in [-0.39, 0.29) is 12.5 Å². The molecule has 0 radical (unpaired) electrons. The number of benzene rings is 1. The largest absolute Gasteiger partial charge is 0.468 e. The maximum absolute atomic E-state index is 11.3. The number of carbonyl (C=O) groups is 1. The van der Waals surface area contributed by atoms with Crippen LogP contribution in [-0.2, 0) is 16.1 Å². The lowest BCUT2D eigenvalue weighted by molar-refractivity contribution is -0.142. The molecular formula is C15H17ClN2O3. The van der Waals surface area contributed by atoms with Crippen LogP contribution in [0.2, 0.25) is 5.02 Å². The first-order valence-corrected chi connectivity index (χ1v) is 7.00. The third kappa shape index (κ3) is 4.31. The Morgan fingerprint density at radius 2 is 2.29 bits per heavy atom. The molecule has 1 aromatic heterocycles. The highest BCUT2D eigenvalue weighted by Gasteiger charge is 2.13. The van der Waals surface area contributed by atoms with Crippen LogP contribution in [0.3, 0.4) is 0 Å². The van der Waals surface area contributed by atoms with E-state index < -0.39 is 0 Å². The minimum absolute atomic E-state index is 0.210. The number of hydrogen-bond acceptors (Lipinski definition) is 5. The second-order valence-corrected chi connectivity index (χ2v) is 4.94. The van der Waals surface area contributed by atoms with Gasteiger partial charge in [-0.25, -0.2) is 4.98 Å². The maximum atomic E-state index is 11.3. The molecule has 0 fully saturated rings. The lowest BCUT2D eigenvalue weighted by atomic mass is 10.2. The second-order valence-electron chi connectivity index (χ2n) is 4.51. The van der Waals surface area contributed by atoms with Crippen LogP contribution in [0.4, 0.5) is 0 Å². The molecule has 2 aromatic rings. The van der Waals surface area contributed by atoms with Gasteiger partial charge in [0.2, 0.25) is 5.89 Å². The summed E-state index contributed by atoms with van der Waals surface area (Å²) in [4.78, 5) is 17.4. The molecule has 0 saturated carbocycles. The standard InChI is InChI=1S/C15H17ClN2O3/c1-3-18(10-15(19)20-2)9-14-17-8-13(21-14)11-5-4-6-12(16)7-11/h4-8H,3,9-10H2,1-2H3. The molecule has 0 aliphatic rings. The van der Waals surface area contributed by atoms with E-state index in [9.17, 15) is 4.79 Å². The molecule has 0 spiro atoms. The van der Waals surface area contributed by atoms with Crippen LogP contribution in [0.1, 0.15) is 12.8 Å². The number of hydrogen-bond donors (Lipinski definition) is 0. The summed E-state index contributed by atoms with van der Waals surface area (Å²) in [6, 6.07) is 7.38. The lowest BCUT2D eigenvalue weighted by Gasteiger charge is -2.16. The molecule has 0 aliphatic carbocycles. The van der Waals surface area contributed by atoms with Crippen molar-refractivity contribution in [3.63, 3.8) is 0 Å². The summed E-state index contributed by atoms with van der Waals surface area (Å²) in [5.74, 6) is 0.927. The second kappa shape index (κ2) is 7.24. The van der Waals surface area contributed by atoms with Gasteiger partial charge in [0, 0.05) is 10.6 Å². The first kappa shape index (κ1) is 15.5. The van der Waals surface area contributed by atoms with E-state index >= 15 is 0 Å². The van der Waals surface area contributed by atoms with E-state index in [4.69, 9.17) is 16.0 Å². The number of likely N-dealkylation sites (N-methyl/N-ethyl adjacent to an activating group) is 1. The number of esters is 1. The zero-order valence-corrected chi connectivity index (χ0v) is 12.8. The molecule has 1 aromatic carbocycles. The fourth-order valence-electron chi connectivity index (χ4n) is 1.88. The number of carbonyl (C=O) groups excluding carboxylic acids is 1. The van der Waals surface area contributed by atoms with Gasteiger partial charge in [0.25, 0.3) is 0 Å². The summed E-state index contributed by atoms with van der Waals surface area (Å²) < 4.78 is 10.4. The van der Waals surface area contributed by atoms with Crippen molar-refractivity contribution in [1.29, 1.82) is 0 Å². The number of methoxy groups -OCH3 is 1. The van der Waals surface area contributed by atoms with Gasteiger partial charge in [-0.15, -0.1) is 0 Å². The van der Waals surface area contributed by atoms with Crippen molar-refractivity contribution in [1.82, 2.24) is 9.88 Å². The number of halogens is 1. The third-order valence-corrected chi connectivity index (χ3v) is 3.28. The van der Waals surface area contributed by atoms with Crippen LogP contribution in [0.15, 0.2) is 34.9 Å². The molecule has 0 aliphatic heterocycles. The number of ether oxygens (including phenoxy) is 1. The molecule has 5 nitrogen and oxygen atoms in total. The normalized spacial score (nSPS) is 10.9. The number of aromatic nitrogens is 1. The highest BCUT2D eigenvalue weighted by molar-refractivity contribution is 6.30. The van der Waals surface area contributed by atoms with Crippen LogP contribution >= 0.6 is 11.6 Å². The topological polar surface area (TPSA) is 55.6 Å². The Bertz CT molecular complexity index is 612. The van der Waals surface area contributed by atoms with Gasteiger partial charge in [-0.1, -0.05) is 30.7 Å². The van der Waals surface area contributed by atoms with Crippen LogP contribution in [0.25, 0.3) is 11.3 Å². The van der Waals surface area contributed by atoms with Crippen molar-refractivity contribution in [2.75, 3.05) is 20.2 Å². The summed E-state index contributed by atoms with van der Waals surface area (Å²) in [6.07, 6.45) is 1.66. The van der Waals surface area contributed by atoms with Gasteiger partial charge in [0.05, 0.1) is 26.4 Å². The van der Waals surface area contributed by atoms with E-state index in [2.05, 4.69) is 9.72 Å². The Balaban J connectivity index is 2.07. The monoisotopic (exact) mass is 308 g/mol. The molecule has 21 heavy (non-hydrogen) atoms. The van der Waals surface area contributed by atoms with E-state index in [1.807, 2.05) is 30.0 Å². The predicted octanol–water partition coefficient (Wildman–Crippen LogP) is 2.99. The van der Waals surface area contributed by atoms with Crippen LogP contribution in [-0.4, -0.2) is 36.1 Å². The molecule has 112 valence electrons. The van der Waals surface area contributed by atoms with Gasteiger partial charge in [0.15, 0.2) is 5.76 Å². The number of rotatable bonds is 6. The quantitative estimate of drug-likeness (QED) is 0.768. The third-order valence-electron chi connectivity index (χ3n) is 3.05. The summed E-state index contributed by atoms with van der Waals surface area (Å²) in [5, 5.41) is 0.645. The number of nitrogens with zero attached hydrogens (tertiary/aromatic N) is 2. The molecule has 0 saturated heterocycles. The fourth-order valence-corrected chi connectivity index (χ4v) is 2.07. The Kier molecular flexibility index (Phi) is 5.36. The Hall–Kier alpha value is -1.85. The summed E-state index contributed by atoms with van der Waals surface area (Å²) >= 11 is 5.96. The van der Waals surface area contributed by atoms with E-state index in [1.54, 1.807) is 12.3 Å². The van der Waals surface area contributed by atoms with Gasteiger partial charge in [0.1, 0.15) is 0 Å². The zero-order valence-electron chi connectivity index (χ0n) is 12.0. The molecule has 0 atom stereocenters.